The molecule has 1 N–H and O–H groups in total. The van der Waals surface area contributed by atoms with Crippen LogP contribution in [0.25, 0.3) is 0 Å². The fourth-order valence-corrected chi connectivity index (χ4v) is 2.79. The highest BCUT2D eigenvalue weighted by Gasteiger charge is 2.22. The predicted octanol–water partition coefficient (Wildman–Crippen LogP) is 2.11. The lowest BCUT2D eigenvalue weighted by Crippen LogP contribution is -2.54. The van der Waals surface area contributed by atoms with Crippen LogP contribution in [0.1, 0.15) is 24.9 Å². The lowest BCUT2D eigenvalue weighted by molar-refractivity contribution is 0.111. The highest BCUT2D eigenvalue weighted by Crippen LogP contribution is 2.17. The summed E-state index contributed by atoms with van der Waals surface area (Å²) in [6.45, 7) is 6.50. The number of nitrogens with one attached hydrogen (secondary N) is 1. The summed E-state index contributed by atoms with van der Waals surface area (Å²) < 4.78 is 13.0. The quantitative estimate of drug-likeness (QED) is 0.890. The Morgan fingerprint density at radius 2 is 1.95 bits per heavy atom. The van der Waals surface area contributed by atoms with E-state index >= 15 is 0 Å². The van der Waals surface area contributed by atoms with Crippen molar-refractivity contribution in [1.82, 2.24) is 15.1 Å². The standard InChI is InChI=1S/C16H26FN3/c1-4-16(13-5-7-14(17)8-6-13)18-11-15-12-19(2)9-10-20(15)3/h5-8,15-16,18H,4,9-12H2,1-3H3. The first kappa shape index (κ1) is 15.4. The van der Waals surface area contributed by atoms with Crippen molar-refractivity contribution in [1.29, 1.82) is 0 Å². The van der Waals surface area contributed by atoms with Crippen molar-refractivity contribution in [3.63, 3.8) is 0 Å². The molecule has 1 aromatic rings. The van der Waals surface area contributed by atoms with Gasteiger partial charge in [0, 0.05) is 38.3 Å². The third-order valence-corrected chi connectivity index (χ3v) is 4.26. The Kier molecular flexibility index (Phi) is 5.52. The second kappa shape index (κ2) is 7.16. The molecule has 0 bridgehead atoms. The van der Waals surface area contributed by atoms with Crippen LogP contribution in [0.3, 0.4) is 0 Å². The molecule has 112 valence electrons. The lowest BCUT2D eigenvalue weighted by atomic mass is 10.0. The molecule has 2 atom stereocenters. The van der Waals surface area contributed by atoms with E-state index in [1.54, 1.807) is 12.1 Å². The van der Waals surface area contributed by atoms with Crippen LogP contribution in [0.5, 0.6) is 0 Å². The van der Waals surface area contributed by atoms with Crippen molar-refractivity contribution >= 4 is 0 Å². The predicted molar refractivity (Wildman–Crippen MR) is 81.3 cm³/mol. The zero-order chi connectivity index (χ0) is 14.5. The molecule has 1 heterocycles. The van der Waals surface area contributed by atoms with Gasteiger partial charge in [-0.05, 0) is 38.2 Å². The zero-order valence-corrected chi connectivity index (χ0v) is 12.8. The number of halogens is 1. The van der Waals surface area contributed by atoms with Crippen molar-refractivity contribution in [2.24, 2.45) is 0 Å². The first-order valence-corrected chi connectivity index (χ1v) is 7.47. The Morgan fingerprint density at radius 3 is 2.60 bits per heavy atom. The Morgan fingerprint density at radius 1 is 1.25 bits per heavy atom. The van der Waals surface area contributed by atoms with E-state index in [1.165, 1.54) is 5.56 Å². The normalized spacial score (nSPS) is 22.9. The molecule has 0 radical (unpaired) electrons. The molecule has 1 aliphatic rings. The van der Waals surface area contributed by atoms with Gasteiger partial charge in [-0.15, -0.1) is 0 Å². The van der Waals surface area contributed by atoms with Gasteiger partial charge in [-0.2, -0.15) is 0 Å². The fraction of sp³-hybridized carbons (Fsp3) is 0.625. The molecule has 20 heavy (non-hydrogen) atoms. The second-order valence-electron chi connectivity index (χ2n) is 5.82. The van der Waals surface area contributed by atoms with Crippen LogP contribution in [-0.4, -0.2) is 56.1 Å². The first-order valence-electron chi connectivity index (χ1n) is 7.47. The highest BCUT2D eigenvalue weighted by molar-refractivity contribution is 5.19. The lowest BCUT2D eigenvalue weighted by Gasteiger charge is -2.38. The van der Waals surface area contributed by atoms with E-state index in [9.17, 15) is 4.39 Å². The Bertz CT molecular complexity index is 407. The molecule has 0 aromatic heterocycles. The van der Waals surface area contributed by atoms with Crippen molar-refractivity contribution in [3.05, 3.63) is 35.6 Å². The van der Waals surface area contributed by atoms with E-state index in [2.05, 4.69) is 36.1 Å². The monoisotopic (exact) mass is 279 g/mol. The van der Waals surface area contributed by atoms with E-state index in [0.29, 0.717) is 12.1 Å². The number of rotatable bonds is 5. The molecule has 0 saturated carbocycles. The zero-order valence-electron chi connectivity index (χ0n) is 12.8. The van der Waals surface area contributed by atoms with Crippen LogP contribution >= 0.6 is 0 Å². The third-order valence-electron chi connectivity index (χ3n) is 4.26. The van der Waals surface area contributed by atoms with Crippen LogP contribution < -0.4 is 5.32 Å². The molecule has 1 aromatic carbocycles. The SMILES string of the molecule is CCC(NCC1CN(C)CCN1C)c1ccc(F)cc1. The maximum absolute atomic E-state index is 13.0. The first-order chi connectivity index (χ1) is 9.60. The number of hydrogen-bond donors (Lipinski definition) is 1. The summed E-state index contributed by atoms with van der Waals surface area (Å²) in [5.74, 6) is -0.169. The molecule has 1 aliphatic heterocycles. The molecule has 0 amide bonds. The van der Waals surface area contributed by atoms with E-state index in [1.807, 2.05) is 12.1 Å². The average Bonchev–Trinajstić information content (AvgIpc) is 2.45. The van der Waals surface area contributed by atoms with Gasteiger partial charge in [0.15, 0.2) is 0 Å². The van der Waals surface area contributed by atoms with Gasteiger partial charge in [0.2, 0.25) is 0 Å². The summed E-state index contributed by atoms with van der Waals surface area (Å²) in [6.07, 6.45) is 1.01. The molecular weight excluding hydrogens is 253 g/mol. The maximum Gasteiger partial charge on any atom is 0.123 e. The van der Waals surface area contributed by atoms with E-state index in [-0.39, 0.29) is 5.82 Å². The van der Waals surface area contributed by atoms with Gasteiger partial charge in [-0.1, -0.05) is 19.1 Å². The Balaban J connectivity index is 1.91. The molecule has 1 fully saturated rings. The van der Waals surface area contributed by atoms with Crippen LogP contribution in [0.15, 0.2) is 24.3 Å². The number of hydrogen-bond acceptors (Lipinski definition) is 3. The summed E-state index contributed by atoms with van der Waals surface area (Å²) >= 11 is 0. The van der Waals surface area contributed by atoms with Crippen LogP contribution in [0.2, 0.25) is 0 Å². The van der Waals surface area contributed by atoms with Gasteiger partial charge in [-0.3, -0.25) is 4.90 Å². The molecule has 1 saturated heterocycles. The van der Waals surface area contributed by atoms with Gasteiger partial charge in [0.25, 0.3) is 0 Å². The molecule has 0 aliphatic carbocycles. The van der Waals surface area contributed by atoms with Crippen molar-refractivity contribution in [2.45, 2.75) is 25.4 Å². The van der Waals surface area contributed by atoms with Crippen molar-refractivity contribution < 1.29 is 4.39 Å². The fourth-order valence-electron chi connectivity index (χ4n) is 2.79. The summed E-state index contributed by atoms with van der Waals surface area (Å²) in [4.78, 5) is 4.80. The largest absolute Gasteiger partial charge is 0.308 e. The second-order valence-corrected chi connectivity index (χ2v) is 5.82. The minimum absolute atomic E-state index is 0.169. The van der Waals surface area contributed by atoms with Crippen LogP contribution in [-0.2, 0) is 0 Å². The van der Waals surface area contributed by atoms with Gasteiger partial charge in [-0.25, -0.2) is 4.39 Å². The number of piperazine rings is 1. The van der Waals surface area contributed by atoms with E-state index in [4.69, 9.17) is 0 Å². The number of benzene rings is 1. The summed E-state index contributed by atoms with van der Waals surface area (Å²) in [7, 11) is 4.37. The van der Waals surface area contributed by atoms with Crippen LogP contribution in [0.4, 0.5) is 4.39 Å². The maximum atomic E-state index is 13.0. The Labute approximate surface area is 121 Å². The van der Waals surface area contributed by atoms with E-state index in [0.717, 1.165) is 32.6 Å². The van der Waals surface area contributed by atoms with Gasteiger partial charge >= 0.3 is 0 Å². The van der Waals surface area contributed by atoms with Gasteiger partial charge < -0.3 is 10.2 Å². The number of nitrogens with zero attached hydrogens (tertiary/aromatic N) is 2. The minimum atomic E-state index is -0.169. The molecule has 4 heteroatoms. The molecule has 2 rings (SSSR count). The van der Waals surface area contributed by atoms with Crippen molar-refractivity contribution in [3.8, 4) is 0 Å². The molecule has 0 spiro atoms. The topological polar surface area (TPSA) is 18.5 Å². The van der Waals surface area contributed by atoms with Gasteiger partial charge in [0.05, 0.1) is 0 Å². The minimum Gasteiger partial charge on any atom is -0.308 e. The average molecular weight is 279 g/mol. The van der Waals surface area contributed by atoms with Crippen molar-refractivity contribution in [2.75, 3.05) is 40.3 Å². The summed E-state index contributed by atoms with van der Waals surface area (Å²) in [5, 5.41) is 3.64. The third kappa shape index (κ3) is 4.01. The Hall–Kier alpha value is -0.970. The molecule has 2 unspecified atom stereocenters. The van der Waals surface area contributed by atoms with E-state index < -0.39 is 0 Å². The number of likely N-dealkylation sites (N-methyl/N-ethyl adjacent to an activating group) is 2. The van der Waals surface area contributed by atoms with Gasteiger partial charge in [0.1, 0.15) is 5.82 Å². The summed E-state index contributed by atoms with van der Waals surface area (Å²) in [5.41, 5.74) is 1.17. The molecule has 3 nitrogen and oxygen atoms in total. The smallest absolute Gasteiger partial charge is 0.123 e. The summed E-state index contributed by atoms with van der Waals surface area (Å²) in [6, 6.07) is 7.69. The highest BCUT2D eigenvalue weighted by atomic mass is 19.1. The van der Waals surface area contributed by atoms with Crippen LogP contribution in [0, 0.1) is 5.82 Å². The molecular formula is C16H26FN3.